The average Bonchev–Trinajstić information content (AvgIpc) is 2.97. The van der Waals surface area contributed by atoms with Gasteiger partial charge in [0.05, 0.1) is 22.9 Å². The summed E-state index contributed by atoms with van der Waals surface area (Å²) in [6.07, 6.45) is 1.71. The summed E-state index contributed by atoms with van der Waals surface area (Å²) in [6, 6.07) is 15.1. The number of carbonyl (C=O) groups excluding carboxylic acids is 1. The molecule has 0 saturated carbocycles. The predicted octanol–water partition coefficient (Wildman–Crippen LogP) is 4.45. The van der Waals surface area contributed by atoms with Crippen molar-refractivity contribution in [2.45, 2.75) is 13.2 Å². The molecule has 1 heterocycles. The molecule has 0 atom stereocenters. The quantitative estimate of drug-likeness (QED) is 0.569. The Morgan fingerprint density at radius 1 is 1.19 bits per heavy atom. The molecule has 7 heteroatoms. The zero-order valence-electron chi connectivity index (χ0n) is 14.1. The van der Waals surface area contributed by atoms with E-state index in [-0.39, 0.29) is 5.91 Å². The number of amides is 1. The van der Waals surface area contributed by atoms with E-state index < -0.39 is 0 Å². The third kappa shape index (κ3) is 4.74. The van der Waals surface area contributed by atoms with Gasteiger partial charge in [-0.2, -0.15) is 5.10 Å². The minimum absolute atomic E-state index is 0.136. The van der Waals surface area contributed by atoms with Crippen LogP contribution in [0, 0.1) is 0 Å². The Bertz CT molecular complexity index is 888. The molecule has 1 N–H and O–H groups in total. The number of aryl methyl sites for hydroxylation is 1. The number of hydrogen-bond donors (Lipinski definition) is 1. The monoisotopic (exact) mass is 477 g/mol. The van der Waals surface area contributed by atoms with Gasteiger partial charge in [-0.25, -0.2) is 0 Å². The van der Waals surface area contributed by atoms with Crippen LogP contribution < -0.4 is 10.1 Å². The fourth-order valence-corrected chi connectivity index (χ4v) is 3.15. The largest absolute Gasteiger partial charge is 0.489 e. The van der Waals surface area contributed by atoms with E-state index in [2.05, 4.69) is 42.3 Å². The van der Waals surface area contributed by atoms with Crippen LogP contribution in [-0.2, 0) is 20.2 Å². The van der Waals surface area contributed by atoms with Gasteiger partial charge in [0.15, 0.2) is 0 Å². The van der Waals surface area contributed by atoms with Crippen LogP contribution in [0.25, 0.3) is 0 Å². The third-order valence-corrected chi connectivity index (χ3v) is 5.03. The van der Waals surface area contributed by atoms with E-state index in [4.69, 9.17) is 4.74 Å². The minimum Gasteiger partial charge on any atom is -0.489 e. The number of carbonyl (C=O) groups is 1. The number of hydrogen-bond acceptors (Lipinski definition) is 3. The average molecular weight is 479 g/mol. The Balaban J connectivity index is 1.61. The number of nitrogens with zero attached hydrogens (tertiary/aromatic N) is 2. The lowest BCUT2D eigenvalue weighted by Gasteiger charge is -2.09. The number of benzene rings is 2. The van der Waals surface area contributed by atoms with E-state index in [0.29, 0.717) is 18.7 Å². The van der Waals surface area contributed by atoms with Gasteiger partial charge >= 0.3 is 0 Å². The molecule has 0 radical (unpaired) electrons. The number of halogens is 2. The first-order valence-electron chi connectivity index (χ1n) is 7.95. The first-order chi connectivity index (χ1) is 12.5. The Morgan fingerprint density at radius 3 is 2.65 bits per heavy atom. The normalized spacial score (nSPS) is 10.6. The van der Waals surface area contributed by atoms with Crippen LogP contribution in [0.1, 0.15) is 21.6 Å². The van der Waals surface area contributed by atoms with Crippen LogP contribution in [0.15, 0.2) is 63.7 Å². The van der Waals surface area contributed by atoms with Gasteiger partial charge < -0.3 is 10.1 Å². The van der Waals surface area contributed by atoms with E-state index in [1.54, 1.807) is 16.9 Å². The smallest absolute Gasteiger partial charge is 0.251 e. The molecule has 0 aliphatic rings. The van der Waals surface area contributed by atoms with Gasteiger partial charge in [0.2, 0.25) is 0 Å². The van der Waals surface area contributed by atoms with Gasteiger partial charge in [0, 0.05) is 17.1 Å². The van der Waals surface area contributed by atoms with Gasteiger partial charge in [-0.3, -0.25) is 9.48 Å². The van der Waals surface area contributed by atoms with Crippen LogP contribution in [0.5, 0.6) is 5.75 Å². The SMILES string of the molecule is Cn1ncc(Br)c1CNC(=O)c1cccc(COc2ccc(Br)cc2)c1. The van der Waals surface area contributed by atoms with Crippen molar-refractivity contribution < 1.29 is 9.53 Å². The molecule has 0 spiro atoms. The maximum atomic E-state index is 12.4. The molecule has 0 bridgehead atoms. The number of ether oxygens (including phenoxy) is 1. The van der Waals surface area contributed by atoms with Gasteiger partial charge in [0.1, 0.15) is 12.4 Å². The molecule has 5 nitrogen and oxygen atoms in total. The molecule has 0 aliphatic carbocycles. The topological polar surface area (TPSA) is 56.2 Å². The Hall–Kier alpha value is -2.12. The van der Waals surface area contributed by atoms with Crippen molar-refractivity contribution in [2.24, 2.45) is 7.05 Å². The third-order valence-electron chi connectivity index (χ3n) is 3.84. The first kappa shape index (κ1) is 18.7. The summed E-state index contributed by atoms with van der Waals surface area (Å²) >= 11 is 6.82. The minimum atomic E-state index is -0.136. The molecule has 0 fully saturated rings. The molecule has 134 valence electrons. The van der Waals surface area contributed by atoms with Crippen LogP contribution in [-0.4, -0.2) is 15.7 Å². The molecule has 0 saturated heterocycles. The van der Waals surface area contributed by atoms with E-state index in [0.717, 1.165) is 26.0 Å². The van der Waals surface area contributed by atoms with Gasteiger partial charge in [-0.05, 0) is 57.9 Å². The van der Waals surface area contributed by atoms with Crippen molar-refractivity contribution in [3.8, 4) is 5.75 Å². The Labute approximate surface area is 168 Å². The molecule has 26 heavy (non-hydrogen) atoms. The fraction of sp³-hybridized carbons (Fsp3) is 0.158. The summed E-state index contributed by atoms with van der Waals surface area (Å²) < 4.78 is 9.37. The van der Waals surface area contributed by atoms with Gasteiger partial charge in [0.25, 0.3) is 5.91 Å². The summed E-state index contributed by atoms with van der Waals surface area (Å²) in [5.74, 6) is 0.646. The van der Waals surface area contributed by atoms with Crippen LogP contribution >= 0.6 is 31.9 Å². The zero-order valence-corrected chi connectivity index (χ0v) is 17.2. The molecule has 0 aliphatic heterocycles. The highest BCUT2D eigenvalue weighted by atomic mass is 79.9. The lowest BCUT2D eigenvalue weighted by molar-refractivity contribution is 0.0950. The highest BCUT2D eigenvalue weighted by Gasteiger charge is 2.10. The standard InChI is InChI=1S/C19H17Br2N3O2/c1-24-18(17(21)10-23-24)11-22-19(25)14-4-2-3-13(9-14)12-26-16-7-5-15(20)6-8-16/h2-10H,11-12H2,1H3,(H,22,25). The van der Waals surface area contributed by atoms with Crippen LogP contribution in [0.2, 0.25) is 0 Å². The van der Waals surface area contributed by atoms with Crippen LogP contribution in [0.3, 0.4) is 0 Å². The van der Waals surface area contributed by atoms with Crippen molar-refractivity contribution in [1.82, 2.24) is 15.1 Å². The first-order valence-corrected chi connectivity index (χ1v) is 9.53. The molecular weight excluding hydrogens is 462 g/mol. The van der Waals surface area contributed by atoms with Crippen molar-refractivity contribution in [2.75, 3.05) is 0 Å². The van der Waals surface area contributed by atoms with Crippen molar-refractivity contribution >= 4 is 37.8 Å². The molecule has 3 aromatic rings. The fourth-order valence-electron chi connectivity index (χ4n) is 2.40. The van der Waals surface area contributed by atoms with E-state index in [1.807, 2.05) is 49.5 Å². The van der Waals surface area contributed by atoms with Crippen molar-refractivity contribution in [3.05, 3.63) is 80.5 Å². The number of aromatic nitrogens is 2. The van der Waals surface area contributed by atoms with Crippen LogP contribution in [0.4, 0.5) is 0 Å². The second-order valence-corrected chi connectivity index (χ2v) is 7.46. The van der Waals surface area contributed by atoms with E-state index in [1.165, 1.54) is 0 Å². The number of nitrogens with one attached hydrogen (secondary N) is 1. The van der Waals surface area contributed by atoms with Gasteiger partial charge in [-0.1, -0.05) is 28.1 Å². The summed E-state index contributed by atoms with van der Waals surface area (Å²) in [4.78, 5) is 12.4. The van der Waals surface area contributed by atoms with Gasteiger partial charge in [-0.15, -0.1) is 0 Å². The highest BCUT2D eigenvalue weighted by Crippen LogP contribution is 2.18. The molecule has 1 amide bonds. The van der Waals surface area contributed by atoms with E-state index in [9.17, 15) is 4.79 Å². The lowest BCUT2D eigenvalue weighted by Crippen LogP contribution is -2.24. The maximum Gasteiger partial charge on any atom is 0.251 e. The Morgan fingerprint density at radius 2 is 1.96 bits per heavy atom. The molecule has 2 aromatic carbocycles. The summed E-state index contributed by atoms with van der Waals surface area (Å²) in [5, 5.41) is 7.05. The summed E-state index contributed by atoms with van der Waals surface area (Å²) in [5.41, 5.74) is 2.44. The highest BCUT2D eigenvalue weighted by molar-refractivity contribution is 9.10. The second kappa shape index (κ2) is 8.51. The molecule has 3 rings (SSSR count). The van der Waals surface area contributed by atoms with Crippen molar-refractivity contribution in [1.29, 1.82) is 0 Å². The summed E-state index contributed by atoms with van der Waals surface area (Å²) in [7, 11) is 1.84. The molecule has 1 aromatic heterocycles. The molecule has 0 unspecified atom stereocenters. The van der Waals surface area contributed by atoms with E-state index >= 15 is 0 Å². The predicted molar refractivity (Wildman–Crippen MR) is 107 cm³/mol. The zero-order chi connectivity index (χ0) is 18.5. The summed E-state index contributed by atoms with van der Waals surface area (Å²) in [6.45, 7) is 0.797. The molecular formula is C19H17Br2N3O2. The lowest BCUT2D eigenvalue weighted by atomic mass is 10.1. The van der Waals surface area contributed by atoms with Crippen molar-refractivity contribution in [3.63, 3.8) is 0 Å². The number of rotatable bonds is 6. The second-order valence-electron chi connectivity index (χ2n) is 5.69. The maximum absolute atomic E-state index is 12.4. The Kier molecular flexibility index (Phi) is 6.11.